The van der Waals surface area contributed by atoms with Crippen LogP contribution in [0.5, 0.6) is 0 Å². The number of nitrogens with zero attached hydrogens (tertiary/aromatic N) is 3. The van der Waals surface area contributed by atoms with Crippen LogP contribution in [0.3, 0.4) is 0 Å². The van der Waals surface area contributed by atoms with Gasteiger partial charge in [-0.1, -0.05) is 0 Å². The Bertz CT molecular complexity index is 290. The minimum atomic E-state index is -0.474. The van der Waals surface area contributed by atoms with E-state index in [9.17, 15) is 5.11 Å². The van der Waals surface area contributed by atoms with Gasteiger partial charge in [-0.25, -0.2) is 0 Å². The lowest BCUT2D eigenvalue weighted by Crippen LogP contribution is -2.30. The van der Waals surface area contributed by atoms with Crippen LogP contribution in [0.25, 0.3) is 0 Å². The maximum Gasteiger partial charge on any atom is 0.146 e. The van der Waals surface area contributed by atoms with Crippen LogP contribution in [0.4, 0.5) is 0 Å². The molecule has 0 spiro atoms. The average Bonchev–Trinajstić information content (AvgIpc) is 2.74. The van der Waals surface area contributed by atoms with Crippen molar-refractivity contribution >= 4 is 0 Å². The highest BCUT2D eigenvalue weighted by Gasteiger charge is 2.05. The van der Waals surface area contributed by atoms with Crippen molar-refractivity contribution in [2.45, 2.75) is 33.0 Å². The molecule has 6 heteroatoms. The number of hydrogen-bond donors (Lipinski definition) is 2. The van der Waals surface area contributed by atoms with Crippen LogP contribution in [0.1, 0.15) is 19.7 Å². The standard InChI is InChI=1S/C10H20N4O2/c1-3-14-8-12-13-10(14)6-11-5-9(15)7-16-4-2/h8-9,11,15H,3-7H2,1-2H3. The highest BCUT2D eigenvalue weighted by Crippen LogP contribution is 1.94. The fourth-order valence-corrected chi connectivity index (χ4v) is 1.34. The fraction of sp³-hybridized carbons (Fsp3) is 0.800. The van der Waals surface area contributed by atoms with Gasteiger partial charge in [-0.05, 0) is 13.8 Å². The predicted molar refractivity (Wildman–Crippen MR) is 59.9 cm³/mol. The highest BCUT2D eigenvalue weighted by atomic mass is 16.5. The topological polar surface area (TPSA) is 72.2 Å². The zero-order valence-electron chi connectivity index (χ0n) is 9.89. The smallest absolute Gasteiger partial charge is 0.146 e. The van der Waals surface area contributed by atoms with Crippen molar-refractivity contribution in [2.75, 3.05) is 19.8 Å². The van der Waals surface area contributed by atoms with E-state index in [2.05, 4.69) is 15.5 Å². The van der Waals surface area contributed by atoms with E-state index in [4.69, 9.17) is 4.74 Å². The molecule has 0 aromatic carbocycles. The van der Waals surface area contributed by atoms with Gasteiger partial charge in [0.1, 0.15) is 12.2 Å². The maximum absolute atomic E-state index is 9.51. The molecule has 1 aromatic heterocycles. The molecule has 2 N–H and O–H groups in total. The summed E-state index contributed by atoms with van der Waals surface area (Å²) in [6.07, 6.45) is 1.23. The van der Waals surface area contributed by atoms with Crippen molar-refractivity contribution in [3.8, 4) is 0 Å². The minimum Gasteiger partial charge on any atom is -0.389 e. The number of nitrogens with one attached hydrogen (secondary N) is 1. The summed E-state index contributed by atoms with van der Waals surface area (Å²) >= 11 is 0. The predicted octanol–water partition coefficient (Wildman–Crippen LogP) is -0.215. The van der Waals surface area contributed by atoms with Gasteiger partial charge >= 0.3 is 0 Å². The Labute approximate surface area is 95.6 Å². The molecular weight excluding hydrogens is 208 g/mol. The molecule has 0 saturated heterocycles. The van der Waals surface area contributed by atoms with E-state index in [0.717, 1.165) is 12.4 Å². The molecule has 1 rings (SSSR count). The molecule has 0 saturated carbocycles. The van der Waals surface area contributed by atoms with Gasteiger partial charge in [0.15, 0.2) is 0 Å². The molecule has 1 atom stereocenters. The fourth-order valence-electron chi connectivity index (χ4n) is 1.34. The zero-order valence-corrected chi connectivity index (χ0v) is 9.89. The van der Waals surface area contributed by atoms with Crippen LogP contribution in [0.2, 0.25) is 0 Å². The van der Waals surface area contributed by atoms with E-state index in [1.807, 2.05) is 18.4 Å². The van der Waals surface area contributed by atoms with Gasteiger partial charge in [-0.3, -0.25) is 0 Å². The van der Waals surface area contributed by atoms with E-state index in [1.165, 1.54) is 0 Å². The second-order valence-electron chi connectivity index (χ2n) is 3.48. The van der Waals surface area contributed by atoms with Crippen molar-refractivity contribution in [1.82, 2.24) is 20.1 Å². The number of aliphatic hydroxyl groups excluding tert-OH is 1. The number of aryl methyl sites for hydroxylation is 1. The summed E-state index contributed by atoms with van der Waals surface area (Å²) in [5.74, 6) is 0.881. The van der Waals surface area contributed by atoms with Gasteiger partial charge in [0.2, 0.25) is 0 Å². The van der Waals surface area contributed by atoms with Crippen LogP contribution < -0.4 is 5.32 Å². The molecule has 0 aliphatic rings. The van der Waals surface area contributed by atoms with E-state index >= 15 is 0 Å². The third-order valence-corrected chi connectivity index (χ3v) is 2.21. The Kier molecular flexibility index (Phi) is 5.99. The highest BCUT2D eigenvalue weighted by molar-refractivity contribution is 4.84. The Balaban J connectivity index is 2.20. The Hall–Kier alpha value is -0.980. The van der Waals surface area contributed by atoms with Crippen LogP contribution in [0.15, 0.2) is 6.33 Å². The molecule has 0 amide bonds. The first-order valence-electron chi connectivity index (χ1n) is 5.61. The Morgan fingerprint density at radius 2 is 2.38 bits per heavy atom. The van der Waals surface area contributed by atoms with Crippen LogP contribution >= 0.6 is 0 Å². The largest absolute Gasteiger partial charge is 0.389 e. The molecule has 0 aliphatic heterocycles. The zero-order chi connectivity index (χ0) is 11.8. The Morgan fingerprint density at radius 1 is 1.56 bits per heavy atom. The summed E-state index contributed by atoms with van der Waals surface area (Å²) in [6, 6.07) is 0. The quantitative estimate of drug-likeness (QED) is 0.644. The van der Waals surface area contributed by atoms with Crippen molar-refractivity contribution in [2.24, 2.45) is 0 Å². The van der Waals surface area contributed by atoms with Gasteiger partial charge in [-0.15, -0.1) is 10.2 Å². The first-order valence-corrected chi connectivity index (χ1v) is 5.61. The van der Waals surface area contributed by atoms with E-state index in [1.54, 1.807) is 6.33 Å². The molecule has 1 unspecified atom stereocenters. The van der Waals surface area contributed by atoms with Crippen molar-refractivity contribution in [1.29, 1.82) is 0 Å². The molecular formula is C10H20N4O2. The molecule has 1 aromatic rings. The number of aliphatic hydroxyl groups is 1. The normalized spacial score (nSPS) is 12.9. The molecule has 0 fully saturated rings. The lowest BCUT2D eigenvalue weighted by molar-refractivity contribution is 0.0426. The summed E-state index contributed by atoms with van der Waals surface area (Å²) < 4.78 is 7.07. The van der Waals surface area contributed by atoms with Crippen LogP contribution in [0, 0.1) is 0 Å². The van der Waals surface area contributed by atoms with E-state index < -0.39 is 6.10 Å². The van der Waals surface area contributed by atoms with Crippen LogP contribution in [-0.4, -0.2) is 45.7 Å². The second-order valence-corrected chi connectivity index (χ2v) is 3.48. The van der Waals surface area contributed by atoms with Gasteiger partial charge in [-0.2, -0.15) is 0 Å². The van der Waals surface area contributed by atoms with Crippen LogP contribution in [-0.2, 0) is 17.8 Å². The molecule has 16 heavy (non-hydrogen) atoms. The summed E-state index contributed by atoms with van der Waals surface area (Å²) in [7, 11) is 0. The monoisotopic (exact) mass is 228 g/mol. The third-order valence-electron chi connectivity index (χ3n) is 2.21. The number of aromatic nitrogens is 3. The summed E-state index contributed by atoms with van der Waals surface area (Å²) in [5, 5.41) is 20.4. The van der Waals surface area contributed by atoms with Gasteiger partial charge < -0.3 is 19.7 Å². The van der Waals surface area contributed by atoms with Crippen molar-refractivity contribution in [3.05, 3.63) is 12.2 Å². The van der Waals surface area contributed by atoms with E-state index in [0.29, 0.717) is 26.3 Å². The van der Waals surface area contributed by atoms with Crippen molar-refractivity contribution in [3.63, 3.8) is 0 Å². The Morgan fingerprint density at radius 3 is 3.06 bits per heavy atom. The molecule has 0 aliphatic carbocycles. The molecule has 0 bridgehead atoms. The van der Waals surface area contributed by atoms with Crippen molar-refractivity contribution < 1.29 is 9.84 Å². The second kappa shape index (κ2) is 7.32. The summed E-state index contributed by atoms with van der Waals surface area (Å²) in [4.78, 5) is 0. The molecule has 1 heterocycles. The maximum atomic E-state index is 9.51. The van der Waals surface area contributed by atoms with Gasteiger partial charge in [0.25, 0.3) is 0 Å². The summed E-state index contributed by atoms with van der Waals surface area (Å²) in [6.45, 7) is 6.89. The minimum absolute atomic E-state index is 0.365. The molecule has 92 valence electrons. The van der Waals surface area contributed by atoms with Gasteiger partial charge in [0.05, 0.1) is 19.3 Å². The lowest BCUT2D eigenvalue weighted by Gasteiger charge is -2.11. The first kappa shape index (κ1) is 13.1. The molecule has 6 nitrogen and oxygen atoms in total. The molecule has 0 radical (unpaired) electrons. The third kappa shape index (κ3) is 4.26. The van der Waals surface area contributed by atoms with Gasteiger partial charge in [0, 0.05) is 19.7 Å². The first-order chi connectivity index (χ1) is 7.77. The number of rotatable bonds is 8. The number of hydrogen-bond acceptors (Lipinski definition) is 5. The lowest BCUT2D eigenvalue weighted by atomic mass is 10.3. The number of ether oxygens (including phenoxy) is 1. The average molecular weight is 228 g/mol. The summed E-state index contributed by atoms with van der Waals surface area (Å²) in [5.41, 5.74) is 0. The SMILES string of the molecule is CCOCC(O)CNCc1nncn1CC. The van der Waals surface area contributed by atoms with E-state index in [-0.39, 0.29) is 0 Å².